The van der Waals surface area contributed by atoms with Gasteiger partial charge in [0.25, 0.3) is 0 Å². The summed E-state index contributed by atoms with van der Waals surface area (Å²) in [5, 5.41) is 11.5. The van der Waals surface area contributed by atoms with Crippen LogP contribution < -0.4 is 4.74 Å². The molecule has 0 N–H and O–H groups in total. The minimum atomic E-state index is -0.776. The number of methoxy groups -OCH3 is 1. The minimum Gasteiger partial charge on any atom is -0.466 e. The number of nitrogens with zero attached hydrogens (tertiary/aromatic N) is 4. The maximum atomic E-state index is 11.9. The molecule has 0 spiro atoms. The van der Waals surface area contributed by atoms with Crippen molar-refractivity contribution in [3.63, 3.8) is 0 Å². The highest BCUT2D eigenvalue weighted by Gasteiger charge is 2.26. The summed E-state index contributed by atoms with van der Waals surface area (Å²) in [7, 11) is 1.30. The van der Waals surface area contributed by atoms with Gasteiger partial charge in [-0.15, -0.1) is 0 Å². The third-order valence-corrected chi connectivity index (χ3v) is 3.53. The Bertz CT molecular complexity index is 862. The Labute approximate surface area is 144 Å². The summed E-state index contributed by atoms with van der Waals surface area (Å²) in [6, 6.07) is 18.7. The van der Waals surface area contributed by atoms with Gasteiger partial charge in [0.1, 0.15) is 0 Å². The molecule has 0 aliphatic rings. The molecule has 0 amide bonds. The van der Waals surface area contributed by atoms with E-state index in [2.05, 4.69) is 22.1 Å². The van der Waals surface area contributed by atoms with Gasteiger partial charge in [0.2, 0.25) is 0 Å². The number of benzene rings is 2. The predicted octanol–water partition coefficient (Wildman–Crippen LogP) is 2.51. The Morgan fingerprint density at radius 3 is 2.36 bits per heavy atom. The summed E-state index contributed by atoms with van der Waals surface area (Å²) in [4.78, 5) is 11.9. The zero-order valence-corrected chi connectivity index (χ0v) is 13.6. The maximum absolute atomic E-state index is 11.9. The summed E-state index contributed by atoms with van der Waals surface area (Å²) >= 11 is 0. The van der Waals surface area contributed by atoms with Crippen LogP contribution >= 0.6 is 0 Å². The number of rotatable bonds is 6. The van der Waals surface area contributed by atoms with Crippen LogP contribution in [0.1, 0.15) is 11.7 Å². The zero-order chi connectivity index (χ0) is 17.6. The first-order valence-electron chi connectivity index (χ1n) is 7.53. The number of hydrogen-bond donors (Lipinski definition) is 0. The standard InChI is InChI=1S/C18H16N4O3/c1-13(17(23)24-2)16(14-9-5-3-6-10-14)25-18-19-20-21-22(18)15-11-7-4-8-12-15/h3-12,16H,1H2,2H3. The molecule has 126 valence electrons. The van der Waals surface area contributed by atoms with Gasteiger partial charge in [-0.3, -0.25) is 0 Å². The molecule has 1 aromatic heterocycles. The molecule has 0 saturated heterocycles. The molecule has 1 atom stereocenters. The van der Waals surface area contributed by atoms with Crippen molar-refractivity contribution in [3.8, 4) is 11.7 Å². The molecule has 0 saturated carbocycles. The van der Waals surface area contributed by atoms with Crippen molar-refractivity contribution < 1.29 is 14.3 Å². The molecule has 3 rings (SSSR count). The Balaban J connectivity index is 1.96. The molecule has 25 heavy (non-hydrogen) atoms. The average molecular weight is 336 g/mol. The number of carbonyl (C=O) groups excluding carboxylic acids is 1. The van der Waals surface area contributed by atoms with Crippen LogP contribution in [-0.4, -0.2) is 33.3 Å². The molecule has 7 nitrogen and oxygen atoms in total. The van der Waals surface area contributed by atoms with Crippen LogP contribution in [0.15, 0.2) is 72.8 Å². The van der Waals surface area contributed by atoms with Crippen LogP contribution in [0.5, 0.6) is 6.01 Å². The Morgan fingerprint density at radius 1 is 1.08 bits per heavy atom. The second-order valence-corrected chi connectivity index (χ2v) is 5.13. The van der Waals surface area contributed by atoms with E-state index in [0.717, 1.165) is 11.3 Å². The van der Waals surface area contributed by atoms with E-state index in [0.29, 0.717) is 0 Å². The minimum absolute atomic E-state index is 0.144. The van der Waals surface area contributed by atoms with E-state index in [-0.39, 0.29) is 11.6 Å². The van der Waals surface area contributed by atoms with Crippen molar-refractivity contribution in [1.29, 1.82) is 0 Å². The van der Waals surface area contributed by atoms with Crippen molar-refractivity contribution in [3.05, 3.63) is 78.4 Å². The molecule has 0 fully saturated rings. The lowest BCUT2D eigenvalue weighted by molar-refractivity contribution is -0.137. The fourth-order valence-electron chi connectivity index (χ4n) is 2.30. The van der Waals surface area contributed by atoms with E-state index in [4.69, 9.17) is 9.47 Å². The predicted molar refractivity (Wildman–Crippen MR) is 90.1 cm³/mol. The second kappa shape index (κ2) is 7.39. The van der Waals surface area contributed by atoms with E-state index in [9.17, 15) is 4.79 Å². The van der Waals surface area contributed by atoms with Crippen LogP contribution in [-0.2, 0) is 9.53 Å². The Hall–Kier alpha value is -3.48. The van der Waals surface area contributed by atoms with Gasteiger partial charge < -0.3 is 9.47 Å². The van der Waals surface area contributed by atoms with Crippen molar-refractivity contribution in [2.75, 3.05) is 7.11 Å². The maximum Gasteiger partial charge on any atom is 0.341 e. The van der Waals surface area contributed by atoms with Gasteiger partial charge in [-0.1, -0.05) is 60.2 Å². The topological polar surface area (TPSA) is 79.1 Å². The van der Waals surface area contributed by atoms with Crippen molar-refractivity contribution >= 4 is 5.97 Å². The van der Waals surface area contributed by atoms with Crippen LogP contribution in [0.2, 0.25) is 0 Å². The van der Waals surface area contributed by atoms with Crippen LogP contribution in [0, 0.1) is 0 Å². The first kappa shape index (κ1) is 16.4. The molecule has 0 bridgehead atoms. The summed E-state index contributed by atoms with van der Waals surface area (Å²) < 4.78 is 12.2. The molecular weight excluding hydrogens is 320 g/mol. The van der Waals surface area contributed by atoms with E-state index >= 15 is 0 Å². The average Bonchev–Trinajstić information content (AvgIpc) is 3.14. The normalized spacial score (nSPS) is 11.6. The first-order chi connectivity index (χ1) is 12.2. The largest absolute Gasteiger partial charge is 0.466 e. The fraction of sp³-hybridized carbons (Fsp3) is 0.111. The number of ether oxygens (including phenoxy) is 2. The van der Waals surface area contributed by atoms with Crippen molar-refractivity contribution in [2.45, 2.75) is 6.10 Å². The number of carbonyl (C=O) groups is 1. The van der Waals surface area contributed by atoms with Gasteiger partial charge in [0, 0.05) is 0 Å². The number of hydrogen-bond acceptors (Lipinski definition) is 6. The Kier molecular flexibility index (Phi) is 4.84. The summed E-state index contributed by atoms with van der Waals surface area (Å²) in [5.74, 6) is -0.562. The molecule has 2 aromatic carbocycles. The van der Waals surface area contributed by atoms with Crippen molar-refractivity contribution in [1.82, 2.24) is 20.2 Å². The summed E-state index contributed by atoms with van der Waals surface area (Å²) in [6.45, 7) is 3.81. The third kappa shape index (κ3) is 3.55. The van der Waals surface area contributed by atoms with E-state index in [1.807, 2.05) is 60.7 Å². The molecule has 1 unspecified atom stereocenters. The lowest BCUT2D eigenvalue weighted by Crippen LogP contribution is -2.19. The Morgan fingerprint density at radius 2 is 1.72 bits per heavy atom. The quantitative estimate of drug-likeness (QED) is 0.508. The van der Waals surface area contributed by atoms with Crippen LogP contribution in [0.4, 0.5) is 0 Å². The molecule has 3 aromatic rings. The summed E-state index contributed by atoms with van der Waals surface area (Å²) in [6.07, 6.45) is -0.776. The SMILES string of the molecule is C=C(C(=O)OC)C(Oc1nnnn1-c1ccccc1)c1ccccc1. The van der Waals surface area contributed by atoms with Gasteiger partial charge in [-0.2, -0.15) is 4.68 Å². The number of aromatic nitrogens is 4. The molecule has 7 heteroatoms. The second-order valence-electron chi connectivity index (χ2n) is 5.13. The number of tetrazole rings is 1. The van der Waals surface area contributed by atoms with Crippen LogP contribution in [0.25, 0.3) is 5.69 Å². The lowest BCUT2D eigenvalue weighted by atomic mass is 10.0. The highest BCUT2D eigenvalue weighted by molar-refractivity contribution is 5.89. The monoisotopic (exact) mass is 336 g/mol. The molecule has 1 heterocycles. The molecule has 0 radical (unpaired) electrons. The first-order valence-corrected chi connectivity index (χ1v) is 7.53. The third-order valence-electron chi connectivity index (χ3n) is 3.53. The van der Waals surface area contributed by atoms with E-state index in [1.54, 1.807) is 0 Å². The van der Waals surface area contributed by atoms with Gasteiger partial charge in [-0.25, -0.2) is 4.79 Å². The number of para-hydroxylation sites is 1. The van der Waals surface area contributed by atoms with Gasteiger partial charge in [0.15, 0.2) is 6.10 Å². The van der Waals surface area contributed by atoms with Crippen molar-refractivity contribution in [2.24, 2.45) is 0 Å². The van der Waals surface area contributed by atoms with E-state index in [1.165, 1.54) is 11.8 Å². The number of esters is 1. The molecule has 0 aliphatic heterocycles. The van der Waals surface area contributed by atoms with Gasteiger partial charge >= 0.3 is 12.0 Å². The smallest absolute Gasteiger partial charge is 0.341 e. The van der Waals surface area contributed by atoms with Gasteiger partial charge in [-0.05, 0) is 28.1 Å². The fourth-order valence-corrected chi connectivity index (χ4v) is 2.30. The van der Waals surface area contributed by atoms with Gasteiger partial charge in [0.05, 0.1) is 18.4 Å². The van der Waals surface area contributed by atoms with Crippen LogP contribution in [0.3, 0.4) is 0 Å². The highest BCUT2D eigenvalue weighted by atomic mass is 16.5. The zero-order valence-electron chi connectivity index (χ0n) is 13.6. The lowest BCUT2D eigenvalue weighted by Gasteiger charge is -2.19. The summed E-state index contributed by atoms with van der Waals surface area (Å²) in [5.41, 5.74) is 1.62. The van der Waals surface area contributed by atoms with E-state index < -0.39 is 12.1 Å². The molecular formula is C18H16N4O3. The highest BCUT2D eigenvalue weighted by Crippen LogP contribution is 2.27. The molecule has 0 aliphatic carbocycles.